The van der Waals surface area contributed by atoms with E-state index in [1.165, 1.54) is 15.6 Å². The molecule has 10 heteroatoms. The van der Waals surface area contributed by atoms with Crippen molar-refractivity contribution in [1.29, 1.82) is 0 Å². The monoisotopic (exact) mass is 461 g/mol. The third-order valence-corrected chi connectivity index (χ3v) is 9.14. The number of aryl methyl sites for hydroxylation is 4. The topological polar surface area (TPSA) is 87.9 Å². The molecule has 0 unspecified atom stereocenters. The molecule has 1 saturated heterocycles. The van der Waals surface area contributed by atoms with Crippen molar-refractivity contribution < 1.29 is 13.2 Å². The lowest BCUT2D eigenvalue weighted by molar-refractivity contribution is -0.132. The summed E-state index contributed by atoms with van der Waals surface area (Å²) in [6, 6.07) is 5.42. The Kier molecular flexibility index (Phi) is 5.89. The van der Waals surface area contributed by atoms with Gasteiger partial charge in [-0.15, -0.1) is 11.3 Å². The van der Waals surface area contributed by atoms with Gasteiger partial charge < -0.3 is 4.90 Å². The summed E-state index contributed by atoms with van der Waals surface area (Å²) in [5.74, 6) is 0.0413. The predicted octanol–water partition coefficient (Wildman–Crippen LogP) is 2.49. The highest BCUT2D eigenvalue weighted by atomic mass is 32.2. The number of hydrogen-bond acceptors (Lipinski definition) is 6. The zero-order chi connectivity index (χ0) is 22.3. The Morgan fingerprint density at radius 2 is 1.81 bits per heavy atom. The average molecular weight is 462 g/mol. The van der Waals surface area contributed by atoms with E-state index in [0.29, 0.717) is 43.2 Å². The average Bonchev–Trinajstić information content (AvgIpc) is 3.33. The molecule has 0 bridgehead atoms. The largest absolute Gasteiger partial charge is 0.340 e. The van der Waals surface area contributed by atoms with E-state index < -0.39 is 10.0 Å². The smallest absolute Gasteiger partial charge is 0.252 e. The maximum absolute atomic E-state index is 12.8. The van der Waals surface area contributed by atoms with E-state index in [2.05, 4.69) is 10.1 Å². The summed E-state index contributed by atoms with van der Waals surface area (Å²) < 4.78 is 29.3. The molecule has 0 radical (unpaired) electrons. The first-order valence-electron chi connectivity index (χ1n) is 10.3. The number of nitrogens with zero attached hydrogens (tertiary/aromatic N) is 5. The van der Waals surface area contributed by atoms with E-state index >= 15 is 0 Å². The number of aromatic nitrogens is 3. The number of fused-ring (bicyclic) bond motifs is 1. The van der Waals surface area contributed by atoms with E-state index in [1.54, 1.807) is 11.0 Å². The summed E-state index contributed by atoms with van der Waals surface area (Å²) >= 11 is 1.28. The molecular weight excluding hydrogens is 434 g/mol. The highest BCUT2D eigenvalue weighted by molar-refractivity contribution is 7.91. The summed E-state index contributed by atoms with van der Waals surface area (Å²) in [5.41, 5.74) is 4.69. The molecule has 0 saturated carbocycles. The first-order valence-corrected chi connectivity index (χ1v) is 12.6. The van der Waals surface area contributed by atoms with Gasteiger partial charge in [0.2, 0.25) is 5.91 Å². The van der Waals surface area contributed by atoms with Crippen molar-refractivity contribution in [3.8, 4) is 0 Å². The minimum absolute atomic E-state index is 0.0413. The van der Waals surface area contributed by atoms with Gasteiger partial charge in [-0.1, -0.05) is 0 Å². The molecule has 0 aliphatic carbocycles. The van der Waals surface area contributed by atoms with Gasteiger partial charge >= 0.3 is 0 Å². The SMILES string of the molecule is Cc1cc2nc(C)c(CCC(=O)N3CCN(S(=O)(=O)c4ccc(C)s4)CC3)c(C)n2n1. The van der Waals surface area contributed by atoms with Crippen molar-refractivity contribution in [1.82, 2.24) is 23.8 Å². The highest BCUT2D eigenvalue weighted by Crippen LogP contribution is 2.25. The zero-order valence-corrected chi connectivity index (χ0v) is 19.9. The number of hydrogen-bond donors (Lipinski definition) is 0. The van der Waals surface area contributed by atoms with Gasteiger partial charge in [-0.3, -0.25) is 4.79 Å². The fourth-order valence-corrected chi connectivity index (χ4v) is 6.91. The van der Waals surface area contributed by atoms with Gasteiger partial charge in [0, 0.05) is 54.9 Å². The Bertz CT molecular complexity index is 1240. The van der Waals surface area contributed by atoms with Crippen LogP contribution in [0.1, 0.15) is 33.9 Å². The summed E-state index contributed by atoms with van der Waals surface area (Å²) in [7, 11) is -3.48. The molecule has 4 heterocycles. The molecule has 0 atom stereocenters. The molecule has 3 aromatic heterocycles. The van der Waals surface area contributed by atoms with Crippen molar-refractivity contribution in [3.63, 3.8) is 0 Å². The number of carbonyl (C=O) groups is 1. The molecule has 0 aromatic carbocycles. The molecule has 4 rings (SSSR count). The van der Waals surface area contributed by atoms with Crippen LogP contribution in [0.4, 0.5) is 0 Å². The van der Waals surface area contributed by atoms with Gasteiger partial charge in [-0.25, -0.2) is 17.9 Å². The third-order valence-electron chi connectivity index (χ3n) is 5.78. The minimum Gasteiger partial charge on any atom is -0.340 e. The Balaban J connectivity index is 1.38. The Morgan fingerprint density at radius 1 is 1.10 bits per heavy atom. The van der Waals surface area contributed by atoms with Crippen LogP contribution < -0.4 is 0 Å². The fraction of sp³-hybridized carbons (Fsp3) is 0.476. The third kappa shape index (κ3) is 4.24. The van der Waals surface area contributed by atoms with Crippen LogP contribution in [0.3, 0.4) is 0 Å². The lowest BCUT2D eigenvalue weighted by atomic mass is 10.1. The van der Waals surface area contributed by atoms with E-state index in [4.69, 9.17) is 0 Å². The molecule has 1 fully saturated rings. The van der Waals surface area contributed by atoms with Gasteiger partial charge in [-0.05, 0) is 51.8 Å². The normalized spacial score (nSPS) is 15.7. The van der Waals surface area contributed by atoms with Crippen molar-refractivity contribution >= 4 is 32.9 Å². The van der Waals surface area contributed by atoms with Crippen LogP contribution in [0.25, 0.3) is 5.65 Å². The number of thiophene rings is 1. The molecule has 1 aliphatic rings. The number of rotatable bonds is 5. The van der Waals surface area contributed by atoms with Gasteiger partial charge in [-0.2, -0.15) is 9.40 Å². The second kappa shape index (κ2) is 8.33. The zero-order valence-electron chi connectivity index (χ0n) is 18.3. The second-order valence-corrected chi connectivity index (χ2v) is 11.4. The Morgan fingerprint density at radius 3 is 2.45 bits per heavy atom. The van der Waals surface area contributed by atoms with Gasteiger partial charge in [0.15, 0.2) is 5.65 Å². The maximum Gasteiger partial charge on any atom is 0.252 e. The minimum atomic E-state index is -3.48. The number of carbonyl (C=O) groups excluding carboxylic acids is 1. The van der Waals surface area contributed by atoms with Crippen LogP contribution >= 0.6 is 11.3 Å². The van der Waals surface area contributed by atoms with Crippen molar-refractivity contribution in [2.45, 2.75) is 44.7 Å². The van der Waals surface area contributed by atoms with Crippen LogP contribution in [-0.2, 0) is 21.2 Å². The van der Waals surface area contributed by atoms with Crippen LogP contribution in [0, 0.1) is 27.7 Å². The summed E-state index contributed by atoms with van der Waals surface area (Å²) in [4.78, 5) is 20.2. The van der Waals surface area contributed by atoms with Gasteiger partial charge in [0.1, 0.15) is 4.21 Å². The first kappa shape index (κ1) is 21.9. The summed E-state index contributed by atoms with van der Waals surface area (Å²) in [6.45, 7) is 9.27. The molecule has 0 N–H and O–H groups in total. The van der Waals surface area contributed by atoms with E-state index in [1.807, 2.05) is 44.3 Å². The molecule has 1 aliphatic heterocycles. The number of sulfonamides is 1. The first-order chi connectivity index (χ1) is 14.7. The van der Waals surface area contributed by atoms with Gasteiger partial charge in [0.05, 0.1) is 5.69 Å². The van der Waals surface area contributed by atoms with E-state index in [-0.39, 0.29) is 5.91 Å². The molecular formula is C21H27N5O3S2. The highest BCUT2D eigenvalue weighted by Gasteiger charge is 2.31. The molecule has 0 spiro atoms. The summed E-state index contributed by atoms with van der Waals surface area (Å²) in [5, 5.41) is 4.49. The Hall–Kier alpha value is -2.30. The van der Waals surface area contributed by atoms with Crippen LogP contribution in [-0.4, -0.2) is 64.3 Å². The molecule has 31 heavy (non-hydrogen) atoms. The Labute approximate surface area is 186 Å². The van der Waals surface area contributed by atoms with E-state index in [0.717, 1.165) is 33.2 Å². The fourth-order valence-electron chi connectivity index (χ4n) is 4.05. The number of amides is 1. The lowest BCUT2D eigenvalue weighted by Gasteiger charge is -2.33. The van der Waals surface area contributed by atoms with E-state index in [9.17, 15) is 13.2 Å². The van der Waals surface area contributed by atoms with Crippen LogP contribution in [0.5, 0.6) is 0 Å². The van der Waals surface area contributed by atoms with Crippen molar-refractivity contribution in [2.75, 3.05) is 26.2 Å². The van der Waals surface area contributed by atoms with Crippen molar-refractivity contribution in [3.05, 3.63) is 45.7 Å². The molecule has 3 aromatic rings. The molecule has 166 valence electrons. The maximum atomic E-state index is 12.8. The van der Waals surface area contributed by atoms with Crippen LogP contribution in [0.15, 0.2) is 22.4 Å². The number of piperazine rings is 1. The predicted molar refractivity (Wildman–Crippen MR) is 120 cm³/mol. The standard InChI is InChI=1S/C21H27N5O3S2/c1-14-13-19-22-16(3)18(17(4)26(19)23-14)6-7-20(27)24-9-11-25(12-10-24)31(28,29)21-8-5-15(2)30-21/h5,8,13H,6-7,9-12H2,1-4H3. The quantitative estimate of drug-likeness (QED) is 0.583. The van der Waals surface area contributed by atoms with Gasteiger partial charge in [0.25, 0.3) is 10.0 Å². The second-order valence-electron chi connectivity index (χ2n) is 7.97. The van der Waals surface area contributed by atoms with Crippen molar-refractivity contribution in [2.24, 2.45) is 0 Å². The summed E-state index contributed by atoms with van der Waals surface area (Å²) in [6.07, 6.45) is 0.956. The molecule has 8 nitrogen and oxygen atoms in total. The molecule has 1 amide bonds. The lowest BCUT2D eigenvalue weighted by Crippen LogP contribution is -2.50. The van der Waals surface area contributed by atoms with Crippen LogP contribution in [0.2, 0.25) is 0 Å².